The van der Waals surface area contributed by atoms with Gasteiger partial charge in [0.05, 0.1) is 6.42 Å². The molecule has 0 fully saturated rings. The van der Waals surface area contributed by atoms with Crippen LogP contribution in [0.1, 0.15) is 16.7 Å². The van der Waals surface area contributed by atoms with Crippen molar-refractivity contribution in [3.05, 3.63) is 71.3 Å². The van der Waals surface area contributed by atoms with Gasteiger partial charge in [0.1, 0.15) is 6.04 Å². The maximum absolute atomic E-state index is 12.1. The Morgan fingerprint density at radius 1 is 1.00 bits per heavy atom. The van der Waals surface area contributed by atoms with Crippen LogP contribution in [0, 0.1) is 6.92 Å². The molecular weight excluding hydrogens is 276 g/mol. The molecule has 0 bridgehead atoms. The van der Waals surface area contributed by atoms with Gasteiger partial charge in [-0.15, -0.1) is 0 Å². The van der Waals surface area contributed by atoms with E-state index in [9.17, 15) is 9.59 Å². The molecule has 0 saturated heterocycles. The highest BCUT2D eigenvalue weighted by Gasteiger charge is 2.18. The minimum absolute atomic E-state index is 0.206. The van der Waals surface area contributed by atoms with Crippen molar-refractivity contribution in [2.24, 2.45) is 5.73 Å². The molecule has 0 spiro atoms. The van der Waals surface area contributed by atoms with Gasteiger partial charge in [0.15, 0.2) is 0 Å². The lowest BCUT2D eigenvalue weighted by atomic mass is 10.0. The molecule has 22 heavy (non-hydrogen) atoms. The Balaban J connectivity index is 1.98. The normalized spacial score (nSPS) is 11.7. The summed E-state index contributed by atoms with van der Waals surface area (Å²) in [4.78, 5) is 23.6. The summed E-state index contributed by atoms with van der Waals surface area (Å²) in [6.45, 7) is 2.00. The Morgan fingerprint density at radius 3 is 2.23 bits per heavy atom. The van der Waals surface area contributed by atoms with Crippen LogP contribution in [-0.2, 0) is 22.4 Å². The molecule has 0 saturated carbocycles. The zero-order valence-corrected chi connectivity index (χ0v) is 12.6. The Bertz CT molecular complexity index is 636. The van der Waals surface area contributed by atoms with Crippen molar-refractivity contribution in [3.8, 4) is 0 Å². The second-order valence-electron chi connectivity index (χ2n) is 5.37. The Labute approximate surface area is 130 Å². The third-order valence-electron chi connectivity index (χ3n) is 3.45. The van der Waals surface area contributed by atoms with E-state index >= 15 is 0 Å². The third-order valence-corrected chi connectivity index (χ3v) is 3.45. The van der Waals surface area contributed by atoms with Gasteiger partial charge in [-0.2, -0.15) is 0 Å². The standard InChI is InChI=1S/C18H20N2O2/c1-13-7-9-15(10-8-13)11-16(18(19)22)20-17(21)12-14-5-3-2-4-6-14/h2-10,16H,11-12H2,1H3,(H2,19,22)(H,20,21)/t16-/m0/s1. The first-order valence-electron chi connectivity index (χ1n) is 7.23. The SMILES string of the molecule is Cc1ccc(C[C@H](NC(=O)Cc2ccccc2)C(N)=O)cc1. The van der Waals surface area contributed by atoms with E-state index in [0.717, 1.165) is 16.7 Å². The lowest BCUT2D eigenvalue weighted by Crippen LogP contribution is -2.46. The number of primary amides is 1. The van der Waals surface area contributed by atoms with Crippen LogP contribution in [-0.4, -0.2) is 17.9 Å². The maximum Gasteiger partial charge on any atom is 0.240 e. The summed E-state index contributed by atoms with van der Waals surface area (Å²) >= 11 is 0. The molecule has 0 radical (unpaired) electrons. The predicted octanol–water partition coefficient (Wildman–Crippen LogP) is 1.75. The quantitative estimate of drug-likeness (QED) is 0.852. The van der Waals surface area contributed by atoms with Crippen molar-refractivity contribution in [1.29, 1.82) is 0 Å². The second kappa shape index (κ2) is 7.41. The smallest absolute Gasteiger partial charge is 0.240 e. The largest absolute Gasteiger partial charge is 0.368 e. The first kappa shape index (κ1) is 15.8. The molecule has 0 aliphatic heterocycles. The fraction of sp³-hybridized carbons (Fsp3) is 0.222. The zero-order chi connectivity index (χ0) is 15.9. The van der Waals surface area contributed by atoms with Crippen LogP contribution in [0.3, 0.4) is 0 Å². The number of benzene rings is 2. The first-order valence-corrected chi connectivity index (χ1v) is 7.23. The molecule has 4 nitrogen and oxygen atoms in total. The number of aryl methyl sites for hydroxylation is 1. The summed E-state index contributed by atoms with van der Waals surface area (Å²) in [5.74, 6) is -0.732. The van der Waals surface area contributed by atoms with Crippen LogP contribution in [0.25, 0.3) is 0 Å². The van der Waals surface area contributed by atoms with Gasteiger partial charge in [0.2, 0.25) is 11.8 Å². The molecule has 0 aliphatic rings. The highest BCUT2D eigenvalue weighted by atomic mass is 16.2. The summed E-state index contributed by atoms with van der Waals surface area (Å²) < 4.78 is 0. The molecule has 0 aromatic heterocycles. The average Bonchev–Trinajstić information content (AvgIpc) is 2.49. The summed E-state index contributed by atoms with van der Waals surface area (Å²) in [5, 5.41) is 2.71. The fourth-order valence-corrected chi connectivity index (χ4v) is 2.21. The van der Waals surface area contributed by atoms with Gasteiger partial charge < -0.3 is 11.1 Å². The Morgan fingerprint density at radius 2 is 1.64 bits per heavy atom. The lowest BCUT2D eigenvalue weighted by Gasteiger charge is -2.16. The third kappa shape index (κ3) is 4.74. The van der Waals surface area contributed by atoms with E-state index in [1.54, 1.807) is 0 Å². The maximum atomic E-state index is 12.1. The average molecular weight is 296 g/mol. The molecule has 2 aromatic carbocycles. The van der Waals surface area contributed by atoms with Crippen LogP contribution in [0.2, 0.25) is 0 Å². The predicted molar refractivity (Wildman–Crippen MR) is 86.2 cm³/mol. The summed E-state index contributed by atoms with van der Waals surface area (Å²) in [5.41, 5.74) is 8.42. The number of hydrogen-bond donors (Lipinski definition) is 2. The van der Waals surface area contributed by atoms with Gasteiger partial charge in [-0.05, 0) is 18.1 Å². The number of nitrogens with two attached hydrogens (primary N) is 1. The number of carbonyl (C=O) groups is 2. The Hall–Kier alpha value is -2.62. The minimum Gasteiger partial charge on any atom is -0.368 e. The van der Waals surface area contributed by atoms with Crippen molar-refractivity contribution in [3.63, 3.8) is 0 Å². The number of amides is 2. The first-order chi connectivity index (χ1) is 10.5. The fourth-order valence-electron chi connectivity index (χ4n) is 2.21. The molecular formula is C18H20N2O2. The van der Waals surface area contributed by atoms with Gasteiger partial charge in [-0.3, -0.25) is 9.59 Å². The highest BCUT2D eigenvalue weighted by Crippen LogP contribution is 2.07. The van der Waals surface area contributed by atoms with E-state index in [4.69, 9.17) is 5.73 Å². The van der Waals surface area contributed by atoms with E-state index in [0.29, 0.717) is 6.42 Å². The molecule has 4 heteroatoms. The van der Waals surface area contributed by atoms with E-state index in [2.05, 4.69) is 5.32 Å². The van der Waals surface area contributed by atoms with Crippen LogP contribution in [0.4, 0.5) is 0 Å². The van der Waals surface area contributed by atoms with E-state index < -0.39 is 11.9 Å². The second-order valence-corrected chi connectivity index (χ2v) is 5.37. The molecule has 0 unspecified atom stereocenters. The van der Waals surface area contributed by atoms with E-state index in [1.165, 1.54) is 0 Å². The van der Waals surface area contributed by atoms with Crippen LogP contribution in [0.5, 0.6) is 0 Å². The van der Waals surface area contributed by atoms with E-state index in [1.807, 2.05) is 61.5 Å². The molecule has 114 valence electrons. The summed E-state index contributed by atoms with van der Waals surface area (Å²) in [7, 11) is 0. The van der Waals surface area contributed by atoms with Crippen molar-refractivity contribution < 1.29 is 9.59 Å². The molecule has 2 aromatic rings. The van der Waals surface area contributed by atoms with Crippen molar-refractivity contribution >= 4 is 11.8 Å². The van der Waals surface area contributed by atoms with Gasteiger partial charge in [-0.1, -0.05) is 60.2 Å². The van der Waals surface area contributed by atoms with Gasteiger partial charge >= 0.3 is 0 Å². The van der Waals surface area contributed by atoms with Crippen molar-refractivity contribution in [2.45, 2.75) is 25.8 Å². The van der Waals surface area contributed by atoms with E-state index in [-0.39, 0.29) is 12.3 Å². The molecule has 3 N–H and O–H groups in total. The van der Waals surface area contributed by atoms with Crippen molar-refractivity contribution in [1.82, 2.24) is 5.32 Å². The van der Waals surface area contributed by atoms with Gasteiger partial charge in [0, 0.05) is 6.42 Å². The number of hydrogen-bond acceptors (Lipinski definition) is 2. The van der Waals surface area contributed by atoms with Crippen LogP contribution >= 0.6 is 0 Å². The van der Waals surface area contributed by atoms with Gasteiger partial charge in [-0.25, -0.2) is 0 Å². The number of carbonyl (C=O) groups excluding carboxylic acids is 2. The monoisotopic (exact) mass is 296 g/mol. The minimum atomic E-state index is -0.695. The molecule has 2 amide bonds. The Kier molecular flexibility index (Phi) is 5.31. The summed E-state index contributed by atoms with van der Waals surface area (Å²) in [6.07, 6.45) is 0.634. The van der Waals surface area contributed by atoms with Crippen LogP contribution in [0.15, 0.2) is 54.6 Å². The number of rotatable bonds is 6. The molecule has 0 heterocycles. The van der Waals surface area contributed by atoms with Crippen molar-refractivity contribution in [2.75, 3.05) is 0 Å². The number of nitrogens with one attached hydrogen (secondary N) is 1. The molecule has 2 rings (SSSR count). The van der Waals surface area contributed by atoms with Crippen LogP contribution < -0.4 is 11.1 Å². The van der Waals surface area contributed by atoms with Gasteiger partial charge in [0.25, 0.3) is 0 Å². The highest BCUT2D eigenvalue weighted by molar-refractivity contribution is 5.87. The molecule has 0 aliphatic carbocycles. The topological polar surface area (TPSA) is 72.2 Å². The molecule has 1 atom stereocenters. The summed E-state index contributed by atoms with van der Waals surface area (Å²) in [6, 6.07) is 16.5. The zero-order valence-electron chi connectivity index (χ0n) is 12.6. The lowest BCUT2D eigenvalue weighted by molar-refractivity contribution is -0.127.